The second kappa shape index (κ2) is 5.01. The Labute approximate surface area is 78.9 Å². The highest BCUT2D eigenvalue weighted by molar-refractivity contribution is 6.76. The maximum atomic E-state index is 10.8. The first-order valence-corrected chi connectivity index (χ1v) is 7.89. The summed E-state index contributed by atoms with van der Waals surface area (Å²) in [7, 11) is -1.19. The second-order valence-electron chi connectivity index (χ2n) is 4.10. The minimum Gasteiger partial charge on any atom is -0.481 e. The molecule has 0 aliphatic carbocycles. The van der Waals surface area contributed by atoms with Crippen molar-refractivity contribution in [2.24, 2.45) is 0 Å². The van der Waals surface area contributed by atoms with Gasteiger partial charge in [-0.1, -0.05) is 19.6 Å². The Kier molecular flexibility index (Phi) is 4.69. The monoisotopic (exact) mass is 204 g/mol. The Balaban J connectivity index is 3.54. The minimum absolute atomic E-state index is 0.349. The number of hydrogen-bond donors (Lipinski definition) is 1. The molecule has 0 aliphatic heterocycles. The van der Waals surface area contributed by atoms with Gasteiger partial charge >= 0.3 is 11.9 Å². The number of carbonyl (C=O) groups excluding carboxylic acids is 1. The molecule has 0 atom stereocenters. The number of rotatable bonds is 5. The first-order valence-electron chi connectivity index (χ1n) is 4.19. The Bertz CT molecular complexity index is 195. The van der Waals surface area contributed by atoms with E-state index in [1.807, 2.05) is 0 Å². The molecule has 0 fully saturated rings. The van der Waals surface area contributed by atoms with Crippen molar-refractivity contribution >= 4 is 20.0 Å². The van der Waals surface area contributed by atoms with Gasteiger partial charge in [-0.05, 0) is 6.04 Å². The SMILES string of the molecule is C[Si](C)(C)CCOC(=O)CC(=O)O. The van der Waals surface area contributed by atoms with Crippen molar-refractivity contribution in [2.45, 2.75) is 32.1 Å². The van der Waals surface area contributed by atoms with Gasteiger partial charge in [0.05, 0.1) is 6.61 Å². The highest BCUT2D eigenvalue weighted by atomic mass is 28.3. The fourth-order valence-corrected chi connectivity index (χ4v) is 1.36. The quantitative estimate of drug-likeness (QED) is 0.417. The van der Waals surface area contributed by atoms with Gasteiger partial charge in [-0.15, -0.1) is 0 Å². The molecule has 0 aromatic rings. The van der Waals surface area contributed by atoms with Gasteiger partial charge in [0, 0.05) is 8.07 Å². The third-order valence-corrected chi connectivity index (χ3v) is 3.11. The van der Waals surface area contributed by atoms with Crippen LogP contribution in [0.4, 0.5) is 0 Å². The summed E-state index contributed by atoms with van der Waals surface area (Å²) in [5.41, 5.74) is 0. The molecule has 0 saturated heterocycles. The Hall–Kier alpha value is -0.843. The van der Waals surface area contributed by atoms with Crippen LogP contribution in [-0.2, 0) is 14.3 Å². The van der Waals surface area contributed by atoms with Gasteiger partial charge in [-0.3, -0.25) is 9.59 Å². The highest BCUT2D eigenvalue weighted by Crippen LogP contribution is 2.07. The van der Waals surface area contributed by atoms with Crippen LogP contribution in [0.25, 0.3) is 0 Å². The third kappa shape index (κ3) is 9.07. The zero-order chi connectivity index (χ0) is 10.5. The van der Waals surface area contributed by atoms with E-state index in [2.05, 4.69) is 19.6 Å². The number of ether oxygens (including phenoxy) is 1. The van der Waals surface area contributed by atoms with Crippen molar-refractivity contribution in [3.63, 3.8) is 0 Å². The summed E-state index contributed by atoms with van der Waals surface area (Å²) in [5, 5.41) is 8.25. The molecule has 0 saturated carbocycles. The summed E-state index contributed by atoms with van der Waals surface area (Å²) in [6, 6.07) is 0.873. The molecular weight excluding hydrogens is 188 g/mol. The van der Waals surface area contributed by atoms with Crippen LogP contribution in [-0.4, -0.2) is 31.7 Å². The number of carbonyl (C=O) groups is 2. The van der Waals surface area contributed by atoms with Crippen LogP contribution in [0.2, 0.25) is 25.7 Å². The van der Waals surface area contributed by atoms with Crippen LogP contribution in [0.3, 0.4) is 0 Å². The summed E-state index contributed by atoms with van der Waals surface area (Å²) >= 11 is 0. The summed E-state index contributed by atoms with van der Waals surface area (Å²) in [4.78, 5) is 20.8. The van der Waals surface area contributed by atoms with E-state index in [0.717, 1.165) is 6.04 Å². The zero-order valence-corrected chi connectivity index (χ0v) is 9.29. The van der Waals surface area contributed by atoms with E-state index in [0.29, 0.717) is 6.61 Å². The molecule has 0 spiro atoms. The van der Waals surface area contributed by atoms with E-state index in [1.165, 1.54) is 0 Å². The van der Waals surface area contributed by atoms with E-state index in [-0.39, 0.29) is 0 Å². The largest absolute Gasteiger partial charge is 0.481 e. The highest BCUT2D eigenvalue weighted by Gasteiger charge is 2.14. The molecule has 0 aliphatic rings. The number of carboxylic acid groups (broad SMARTS) is 1. The van der Waals surface area contributed by atoms with Gasteiger partial charge in [0.1, 0.15) is 6.42 Å². The van der Waals surface area contributed by atoms with Crippen LogP contribution in [0, 0.1) is 0 Å². The first-order chi connectivity index (χ1) is 5.81. The van der Waals surface area contributed by atoms with Gasteiger partial charge < -0.3 is 9.84 Å². The molecule has 0 amide bonds. The van der Waals surface area contributed by atoms with Crippen molar-refractivity contribution in [3.8, 4) is 0 Å². The molecule has 0 aromatic carbocycles. The summed E-state index contributed by atoms with van der Waals surface area (Å²) < 4.78 is 4.74. The molecule has 13 heavy (non-hydrogen) atoms. The van der Waals surface area contributed by atoms with Crippen LogP contribution >= 0.6 is 0 Å². The smallest absolute Gasteiger partial charge is 0.317 e. The lowest BCUT2D eigenvalue weighted by atomic mass is 10.4. The molecule has 76 valence electrons. The predicted molar refractivity (Wildman–Crippen MR) is 51.4 cm³/mol. The topological polar surface area (TPSA) is 63.6 Å². The maximum absolute atomic E-state index is 10.8. The average molecular weight is 204 g/mol. The van der Waals surface area contributed by atoms with E-state index in [4.69, 9.17) is 9.84 Å². The lowest BCUT2D eigenvalue weighted by Crippen LogP contribution is -2.23. The summed E-state index contributed by atoms with van der Waals surface area (Å²) in [5.74, 6) is -1.79. The van der Waals surface area contributed by atoms with Gasteiger partial charge in [-0.2, -0.15) is 0 Å². The Morgan fingerprint density at radius 1 is 1.31 bits per heavy atom. The van der Waals surface area contributed by atoms with E-state index in [1.54, 1.807) is 0 Å². The number of aliphatic carboxylic acids is 1. The Morgan fingerprint density at radius 2 is 1.85 bits per heavy atom. The van der Waals surface area contributed by atoms with Crippen molar-refractivity contribution in [1.82, 2.24) is 0 Å². The normalized spacial score (nSPS) is 11.0. The predicted octanol–water partition coefficient (Wildman–Crippen LogP) is 1.34. The van der Waals surface area contributed by atoms with Crippen molar-refractivity contribution in [3.05, 3.63) is 0 Å². The maximum Gasteiger partial charge on any atom is 0.317 e. The lowest BCUT2D eigenvalue weighted by Gasteiger charge is -2.14. The van der Waals surface area contributed by atoms with Crippen molar-refractivity contribution in [2.75, 3.05) is 6.61 Å². The van der Waals surface area contributed by atoms with Gasteiger partial charge in [0.25, 0.3) is 0 Å². The average Bonchev–Trinajstić information content (AvgIpc) is 1.81. The minimum atomic E-state index is -1.19. The van der Waals surface area contributed by atoms with Crippen LogP contribution in [0.5, 0.6) is 0 Å². The first kappa shape index (κ1) is 12.2. The molecular formula is C8H16O4Si. The number of esters is 1. The molecule has 0 aromatic heterocycles. The zero-order valence-electron chi connectivity index (χ0n) is 8.29. The van der Waals surface area contributed by atoms with Crippen LogP contribution in [0.15, 0.2) is 0 Å². The van der Waals surface area contributed by atoms with Gasteiger partial charge in [-0.25, -0.2) is 0 Å². The summed E-state index contributed by atoms with van der Waals surface area (Å²) in [6.45, 7) is 6.84. The van der Waals surface area contributed by atoms with Crippen molar-refractivity contribution < 1.29 is 19.4 Å². The second-order valence-corrected chi connectivity index (χ2v) is 9.72. The fraction of sp³-hybridized carbons (Fsp3) is 0.750. The molecule has 0 bridgehead atoms. The van der Waals surface area contributed by atoms with Gasteiger partial charge in [0.2, 0.25) is 0 Å². The Morgan fingerprint density at radius 3 is 2.23 bits per heavy atom. The fourth-order valence-electron chi connectivity index (χ4n) is 0.646. The van der Waals surface area contributed by atoms with E-state index < -0.39 is 26.4 Å². The molecule has 0 radical (unpaired) electrons. The standard InChI is InChI=1S/C8H16O4Si/c1-13(2,3)5-4-12-8(11)6-7(9)10/h4-6H2,1-3H3,(H,9,10). The molecule has 4 nitrogen and oxygen atoms in total. The van der Waals surface area contributed by atoms with Gasteiger partial charge in [0.15, 0.2) is 0 Å². The van der Waals surface area contributed by atoms with Crippen LogP contribution < -0.4 is 0 Å². The third-order valence-electron chi connectivity index (χ3n) is 1.41. The van der Waals surface area contributed by atoms with E-state index >= 15 is 0 Å². The molecule has 0 heterocycles. The van der Waals surface area contributed by atoms with E-state index in [9.17, 15) is 9.59 Å². The van der Waals surface area contributed by atoms with Crippen molar-refractivity contribution in [1.29, 1.82) is 0 Å². The lowest BCUT2D eigenvalue weighted by molar-refractivity contribution is -0.150. The number of carboxylic acids is 1. The molecule has 0 unspecified atom stereocenters. The molecule has 5 heteroatoms. The van der Waals surface area contributed by atoms with Crippen LogP contribution in [0.1, 0.15) is 6.42 Å². The number of hydrogen-bond acceptors (Lipinski definition) is 3. The summed E-state index contributed by atoms with van der Waals surface area (Å²) in [6.07, 6.45) is -0.536. The molecule has 0 rings (SSSR count). The molecule has 1 N–H and O–H groups in total.